The smallest absolute Gasteiger partial charge is 0.243 e. The van der Waals surface area contributed by atoms with Crippen molar-refractivity contribution in [3.8, 4) is 0 Å². The number of hydrogen-bond acceptors (Lipinski definition) is 3. The lowest BCUT2D eigenvalue weighted by Gasteiger charge is -2.38. The lowest BCUT2D eigenvalue weighted by atomic mass is 9.90. The van der Waals surface area contributed by atoms with Gasteiger partial charge in [-0.1, -0.05) is 30.3 Å². The highest BCUT2D eigenvalue weighted by atomic mass is 32.1. The number of fused-ring (bicyclic) bond motifs is 1. The molecule has 2 aromatic rings. The molecule has 1 aliphatic heterocycles. The van der Waals surface area contributed by atoms with E-state index in [1.807, 2.05) is 17.0 Å². The van der Waals surface area contributed by atoms with Crippen LogP contribution in [0.5, 0.6) is 0 Å². The summed E-state index contributed by atoms with van der Waals surface area (Å²) in [6, 6.07) is 10.3. The minimum absolute atomic E-state index is 0.0148. The van der Waals surface area contributed by atoms with Crippen molar-refractivity contribution in [1.29, 1.82) is 0 Å². The quantitative estimate of drug-likeness (QED) is 0.696. The van der Waals surface area contributed by atoms with Gasteiger partial charge in [-0.3, -0.25) is 9.59 Å². The van der Waals surface area contributed by atoms with Crippen molar-refractivity contribution in [3.05, 3.63) is 69.9 Å². The van der Waals surface area contributed by atoms with E-state index in [-0.39, 0.29) is 30.3 Å². The van der Waals surface area contributed by atoms with Crippen molar-refractivity contribution < 1.29 is 9.59 Å². The normalized spacial score (nSPS) is 18.5. The van der Waals surface area contributed by atoms with Crippen LogP contribution in [0.1, 0.15) is 40.5 Å². The fraction of sp³-hybridized carbons (Fsp3) is 0.391. The van der Waals surface area contributed by atoms with E-state index < -0.39 is 0 Å². The summed E-state index contributed by atoms with van der Waals surface area (Å²) in [4.78, 5) is 30.9. The van der Waals surface area contributed by atoms with Crippen LogP contribution in [0.2, 0.25) is 0 Å². The Kier molecular flexibility index (Phi) is 5.36. The Hall–Kier alpha value is -2.40. The van der Waals surface area contributed by atoms with Gasteiger partial charge in [-0.05, 0) is 54.3 Å². The molecule has 4 rings (SSSR count). The Bertz CT molecular complexity index is 900. The fourth-order valence-electron chi connectivity index (χ4n) is 4.04. The molecule has 0 unspecified atom stereocenters. The average molecular weight is 395 g/mol. The number of hydrogen-bond donors (Lipinski definition) is 0. The third-order valence-corrected chi connectivity index (χ3v) is 6.68. The number of amides is 2. The molecular formula is C23H26N2O2S. The molecule has 0 bridgehead atoms. The lowest BCUT2D eigenvalue weighted by Crippen LogP contribution is -2.47. The first kappa shape index (κ1) is 18.9. The highest BCUT2D eigenvalue weighted by Crippen LogP contribution is 2.39. The van der Waals surface area contributed by atoms with Crippen molar-refractivity contribution in [2.24, 2.45) is 5.92 Å². The maximum atomic E-state index is 13.4. The van der Waals surface area contributed by atoms with Crippen LogP contribution < -0.4 is 0 Å². The van der Waals surface area contributed by atoms with Crippen LogP contribution in [0, 0.1) is 12.8 Å². The molecule has 5 heteroatoms. The van der Waals surface area contributed by atoms with Gasteiger partial charge in [0.25, 0.3) is 0 Å². The zero-order valence-electron chi connectivity index (χ0n) is 16.3. The third kappa shape index (κ3) is 3.63. The molecule has 2 aliphatic rings. The molecule has 2 heterocycles. The Morgan fingerprint density at radius 2 is 2.04 bits per heavy atom. The number of rotatable bonds is 6. The number of aryl methyl sites for hydroxylation is 1. The molecule has 0 N–H and O–H groups in total. The molecule has 146 valence electrons. The lowest BCUT2D eigenvalue weighted by molar-refractivity contribution is -0.142. The van der Waals surface area contributed by atoms with Crippen molar-refractivity contribution >= 4 is 23.2 Å². The summed E-state index contributed by atoms with van der Waals surface area (Å²) in [6.45, 7) is 7.10. The van der Waals surface area contributed by atoms with E-state index in [1.165, 1.54) is 21.6 Å². The second-order valence-electron chi connectivity index (χ2n) is 7.68. The van der Waals surface area contributed by atoms with Gasteiger partial charge in [-0.2, -0.15) is 0 Å². The molecule has 0 saturated heterocycles. The number of carbonyl (C=O) groups excluding carboxylic acids is 2. The first-order valence-electron chi connectivity index (χ1n) is 9.91. The fourth-order valence-corrected chi connectivity index (χ4v) is 4.95. The maximum Gasteiger partial charge on any atom is 0.243 e. The van der Waals surface area contributed by atoms with Gasteiger partial charge in [0.15, 0.2) is 0 Å². The zero-order valence-corrected chi connectivity index (χ0v) is 17.1. The first-order chi connectivity index (χ1) is 13.6. The second kappa shape index (κ2) is 7.92. The largest absolute Gasteiger partial charge is 0.330 e. The van der Waals surface area contributed by atoms with Crippen LogP contribution in [-0.2, 0) is 16.0 Å². The van der Waals surface area contributed by atoms with Crippen LogP contribution in [0.4, 0.5) is 0 Å². The SMILES string of the molecule is C=CCN(CC(=O)N1CCc2sccc2[C@H]1c1ccccc1C)C(=O)C1CC1. The molecule has 0 radical (unpaired) electrons. The van der Waals surface area contributed by atoms with Crippen molar-refractivity contribution in [2.45, 2.75) is 32.2 Å². The minimum Gasteiger partial charge on any atom is -0.330 e. The predicted octanol–water partition coefficient (Wildman–Crippen LogP) is 3.96. The molecule has 1 fully saturated rings. The molecule has 1 aliphatic carbocycles. The molecule has 1 atom stereocenters. The van der Waals surface area contributed by atoms with Gasteiger partial charge in [0, 0.05) is 23.9 Å². The maximum absolute atomic E-state index is 13.4. The number of carbonyl (C=O) groups is 2. The van der Waals surface area contributed by atoms with Crippen molar-refractivity contribution in [2.75, 3.05) is 19.6 Å². The minimum atomic E-state index is -0.0784. The Morgan fingerprint density at radius 1 is 1.25 bits per heavy atom. The molecule has 1 aromatic carbocycles. The zero-order chi connectivity index (χ0) is 19.7. The number of thiophene rings is 1. The van der Waals surface area contributed by atoms with Crippen molar-refractivity contribution in [1.82, 2.24) is 9.80 Å². The molecule has 4 nitrogen and oxygen atoms in total. The van der Waals surface area contributed by atoms with Gasteiger partial charge in [-0.25, -0.2) is 0 Å². The van der Waals surface area contributed by atoms with Gasteiger partial charge in [0.2, 0.25) is 11.8 Å². The van der Waals surface area contributed by atoms with Crippen LogP contribution in [0.3, 0.4) is 0 Å². The summed E-state index contributed by atoms with van der Waals surface area (Å²) < 4.78 is 0. The summed E-state index contributed by atoms with van der Waals surface area (Å²) >= 11 is 1.77. The van der Waals surface area contributed by atoms with Gasteiger partial charge >= 0.3 is 0 Å². The number of nitrogens with zero attached hydrogens (tertiary/aromatic N) is 2. The first-order valence-corrected chi connectivity index (χ1v) is 10.8. The van der Waals surface area contributed by atoms with E-state index in [1.54, 1.807) is 22.3 Å². The van der Waals surface area contributed by atoms with Crippen LogP contribution in [-0.4, -0.2) is 41.2 Å². The average Bonchev–Trinajstić information content (AvgIpc) is 3.43. The van der Waals surface area contributed by atoms with E-state index in [0.717, 1.165) is 19.3 Å². The molecule has 0 spiro atoms. The molecule has 28 heavy (non-hydrogen) atoms. The predicted molar refractivity (Wildman–Crippen MR) is 112 cm³/mol. The Balaban J connectivity index is 1.63. The second-order valence-corrected chi connectivity index (χ2v) is 8.68. The summed E-state index contributed by atoms with van der Waals surface area (Å²) in [7, 11) is 0. The third-order valence-electron chi connectivity index (χ3n) is 5.68. The van der Waals surface area contributed by atoms with E-state index in [9.17, 15) is 9.59 Å². The van der Waals surface area contributed by atoms with Gasteiger partial charge in [-0.15, -0.1) is 17.9 Å². The Labute approximate surface area is 170 Å². The molecule has 2 amide bonds. The van der Waals surface area contributed by atoms with Crippen LogP contribution in [0.25, 0.3) is 0 Å². The summed E-state index contributed by atoms with van der Waals surface area (Å²) in [5.41, 5.74) is 3.57. The monoisotopic (exact) mass is 394 g/mol. The standard InChI is InChI=1S/C23H26N2O2S/c1-3-12-24(23(27)17-8-9-17)15-21(26)25-13-10-20-19(11-14-28-20)22(25)18-7-5-4-6-16(18)2/h3-7,11,14,17,22H,1,8-10,12-13,15H2,2H3/t22-/m1/s1. The van der Waals surface area contributed by atoms with Crippen LogP contribution in [0.15, 0.2) is 48.4 Å². The van der Waals surface area contributed by atoms with E-state index in [0.29, 0.717) is 13.1 Å². The highest BCUT2D eigenvalue weighted by Gasteiger charge is 2.37. The van der Waals surface area contributed by atoms with Crippen molar-refractivity contribution in [3.63, 3.8) is 0 Å². The van der Waals surface area contributed by atoms with Crippen LogP contribution >= 0.6 is 11.3 Å². The van der Waals surface area contributed by atoms with Gasteiger partial charge < -0.3 is 9.80 Å². The van der Waals surface area contributed by atoms with E-state index in [2.05, 4.69) is 37.1 Å². The molecule has 1 saturated carbocycles. The van der Waals surface area contributed by atoms with E-state index in [4.69, 9.17) is 0 Å². The Morgan fingerprint density at radius 3 is 2.75 bits per heavy atom. The van der Waals surface area contributed by atoms with Gasteiger partial charge in [0.1, 0.15) is 6.54 Å². The molecular weight excluding hydrogens is 368 g/mol. The molecule has 1 aromatic heterocycles. The van der Waals surface area contributed by atoms with Gasteiger partial charge in [0.05, 0.1) is 6.04 Å². The summed E-state index contributed by atoms with van der Waals surface area (Å²) in [6.07, 6.45) is 4.46. The topological polar surface area (TPSA) is 40.6 Å². The number of benzene rings is 1. The van der Waals surface area contributed by atoms with E-state index >= 15 is 0 Å². The highest BCUT2D eigenvalue weighted by molar-refractivity contribution is 7.10. The summed E-state index contributed by atoms with van der Waals surface area (Å²) in [5.74, 6) is 0.208. The summed E-state index contributed by atoms with van der Waals surface area (Å²) in [5, 5.41) is 2.12.